The van der Waals surface area contributed by atoms with Gasteiger partial charge in [-0.1, -0.05) is 104 Å². The zero-order valence-corrected chi connectivity index (χ0v) is 29.0. The molecule has 210 valence electrons. The predicted molar refractivity (Wildman–Crippen MR) is 173 cm³/mol. The van der Waals surface area contributed by atoms with Crippen LogP contribution in [0.25, 0.3) is 21.5 Å². The van der Waals surface area contributed by atoms with Crippen molar-refractivity contribution in [1.29, 1.82) is 0 Å². The molecule has 0 heterocycles. The van der Waals surface area contributed by atoms with Crippen LogP contribution >= 0.6 is 0 Å². The van der Waals surface area contributed by atoms with Crippen LogP contribution in [0.2, 0.25) is 0 Å². The molecule has 0 saturated heterocycles. The van der Waals surface area contributed by atoms with Gasteiger partial charge >= 0.3 is 28.4 Å². The van der Waals surface area contributed by atoms with E-state index in [0.717, 1.165) is 0 Å². The average molecular weight is 590 g/mol. The molecule has 0 bridgehead atoms. The van der Waals surface area contributed by atoms with Gasteiger partial charge in [0.2, 0.25) is 0 Å². The third-order valence-electron chi connectivity index (χ3n) is 5.57. The van der Waals surface area contributed by atoms with Crippen molar-refractivity contribution < 1.29 is 24.2 Å². The molecule has 0 saturated carbocycles. The van der Waals surface area contributed by atoms with E-state index in [-0.39, 0.29) is 10.8 Å². The van der Waals surface area contributed by atoms with Gasteiger partial charge in [-0.2, -0.15) is 30.0 Å². The van der Waals surface area contributed by atoms with Crippen LogP contribution in [0.1, 0.15) is 91.5 Å². The van der Waals surface area contributed by atoms with Gasteiger partial charge in [0.15, 0.2) is 0 Å². The van der Waals surface area contributed by atoms with E-state index in [0.29, 0.717) is 11.8 Å². The largest absolute Gasteiger partial charge is 0.214 e. The maximum absolute atomic E-state index is 3.64. The van der Waals surface area contributed by atoms with Crippen molar-refractivity contribution in [2.75, 3.05) is 0 Å². The van der Waals surface area contributed by atoms with Crippen molar-refractivity contribution in [2.45, 2.75) is 93.9 Å². The Bertz CT molecular complexity index is 1080. The second kappa shape index (κ2) is 16.5. The van der Waals surface area contributed by atoms with Crippen molar-refractivity contribution in [3.63, 3.8) is 0 Å². The zero-order chi connectivity index (χ0) is 29.8. The van der Waals surface area contributed by atoms with Crippen LogP contribution in [-0.2, 0) is 35.1 Å². The second-order valence-electron chi connectivity index (χ2n) is 12.9. The Kier molecular flexibility index (Phi) is 15.8. The van der Waals surface area contributed by atoms with E-state index in [1.165, 1.54) is 68.0 Å². The van der Waals surface area contributed by atoms with Crippen LogP contribution in [0.15, 0.2) is 60.7 Å². The SMILES string of the molecule is Cc1cc2[cH-]c3cc(C)c(C(C)(C)C)cc3c2cc1C(C)(C)C.[CH2-]C(C)C.[CH2-]C(C)C.[CH2]=[Zr].c1cc[cH-]c1. The van der Waals surface area contributed by atoms with Crippen molar-refractivity contribution in [3.8, 4) is 0 Å². The third-order valence-corrected chi connectivity index (χ3v) is 5.57. The number of hydrogen-bond acceptors (Lipinski definition) is 0. The standard InChI is InChI=1S/C23H29.C5H5.2C4H9.CH2.Zr/c1-14-9-16-11-17-10-15(2)21(23(6,7)8)13-19(17)18(16)12-20(14)22(3,4)5;1-2-4-5-3-1;2*1-4(2)3;;/h9-13H,1-8H3;1-5H;2*4H,1H2,2-3H3;1H2;/q4*-1;;. The maximum Gasteiger partial charge on any atom is -0.172 e. The van der Waals surface area contributed by atoms with Gasteiger partial charge < -0.3 is 13.8 Å². The fourth-order valence-electron chi connectivity index (χ4n) is 4.27. The summed E-state index contributed by atoms with van der Waals surface area (Å²) in [5.74, 6) is 1.17. The van der Waals surface area contributed by atoms with Crippen LogP contribution in [0.3, 0.4) is 0 Å². The van der Waals surface area contributed by atoms with Crippen LogP contribution in [-0.4, -0.2) is 4.21 Å². The van der Waals surface area contributed by atoms with Crippen LogP contribution < -0.4 is 0 Å². The van der Waals surface area contributed by atoms with Gasteiger partial charge in [-0.05, 0) is 24.7 Å². The second-order valence-corrected chi connectivity index (χ2v) is 12.9. The average Bonchev–Trinajstić information content (AvgIpc) is 3.43. The van der Waals surface area contributed by atoms with Crippen LogP contribution in [0, 0.1) is 39.5 Å². The molecule has 1 heteroatoms. The molecule has 0 amide bonds. The molecule has 0 N–H and O–H groups in total. The van der Waals surface area contributed by atoms with E-state index >= 15 is 0 Å². The monoisotopic (exact) mass is 588 g/mol. The summed E-state index contributed by atoms with van der Waals surface area (Å²) in [5, 5.41) is 5.55. The molecular weight excluding hydrogens is 536 g/mol. The van der Waals surface area contributed by atoms with Gasteiger partial charge in [-0.15, -0.1) is 39.7 Å². The van der Waals surface area contributed by atoms with Gasteiger partial charge in [-0.25, -0.2) is 12.1 Å². The number of hydrogen-bond donors (Lipinski definition) is 0. The smallest absolute Gasteiger partial charge is 0.172 e. The third kappa shape index (κ3) is 12.5. The minimum absolute atomic E-state index is 0.180. The number of fused-ring (bicyclic) bond motifs is 3. The number of rotatable bonds is 0. The zero-order valence-electron chi connectivity index (χ0n) is 26.5. The summed E-state index contributed by atoms with van der Waals surface area (Å²) in [4.78, 5) is 0. The van der Waals surface area contributed by atoms with Gasteiger partial charge in [0.05, 0.1) is 0 Å². The van der Waals surface area contributed by atoms with E-state index in [2.05, 4.69) is 131 Å². The molecule has 4 rings (SSSR count). The molecule has 4 aromatic carbocycles. The molecule has 0 spiro atoms. The fraction of sp³-hybridized carbons (Fsp3) is 0.432. The predicted octanol–water partition coefficient (Wildman–Crippen LogP) is 11.2. The van der Waals surface area contributed by atoms with Crippen LogP contribution in [0.5, 0.6) is 0 Å². The minimum atomic E-state index is 0.180. The first-order chi connectivity index (χ1) is 17.4. The molecule has 0 aliphatic heterocycles. The summed E-state index contributed by atoms with van der Waals surface area (Å²) in [5.41, 5.74) is 6.06. The Balaban J connectivity index is 0.000000748. The fourth-order valence-corrected chi connectivity index (χ4v) is 4.27. The molecule has 0 nitrogen and oxygen atoms in total. The quantitative estimate of drug-likeness (QED) is 0.179. The molecule has 0 unspecified atom stereocenters. The molecule has 0 aromatic heterocycles. The summed E-state index contributed by atoms with van der Waals surface area (Å²) in [7, 11) is 0. The Morgan fingerprint density at radius 3 is 1.16 bits per heavy atom. The summed E-state index contributed by atoms with van der Waals surface area (Å²) >= 11 is 1.30. The van der Waals surface area contributed by atoms with Crippen LogP contribution in [0.4, 0.5) is 0 Å². The first kappa shape index (κ1) is 36.4. The molecular formula is C37H54Zr-4. The Morgan fingerprint density at radius 1 is 0.658 bits per heavy atom. The Labute approximate surface area is 251 Å². The Hall–Kier alpha value is -1.59. The number of benzene rings is 2. The van der Waals surface area contributed by atoms with E-state index in [9.17, 15) is 0 Å². The van der Waals surface area contributed by atoms with Gasteiger partial charge in [0.25, 0.3) is 0 Å². The molecule has 0 fully saturated rings. The van der Waals surface area contributed by atoms with Crippen molar-refractivity contribution in [2.24, 2.45) is 11.8 Å². The van der Waals surface area contributed by atoms with Crippen molar-refractivity contribution in [1.82, 2.24) is 0 Å². The maximum atomic E-state index is 3.64. The van der Waals surface area contributed by atoms with E-state index in [1.807, 2.05) is 30.3 Å². The normalized spacial score (nSPS) is 11.0. The topological polar surface area (TPSA) is 0 Å². The molecule has 38 heavy (non-hydrogen) atoms. The van der Waals surface area contributed by atoms with Crippen molar-refractivity contribution >= 4 is 25.8 Å². The minimum Gasteiger partial charge on any atom is -0.214 e. The van der Waals surface area contributed by atoms with E-state index in [1.54, 1.807) is 0 Å². The first-order valence-electron chi connectivity index (χ1n) is 13.8. The molecule has 0 aliphatic carbocycles. The molecule has 0 radical (unpaired) electrons. The first-order valence-corrected chi connectivity index (χ1v) is 15.5. The van der Waals surface area contributed by atoms with E-state index < -0.39 is 0 Å². The van der Waals surface area contributed by atoms with E-state index in [4.69, 9.17) is 0 Å². The summed E-state index contributed by atoms with van der Waals surface area (Å²) < 4.78 is 3.34. The molecule has 4 aromatic rings. The summed E-state index contributed by atoms with van der Waals surface area (Å²) in [6.07, 6.45) is 0. The van der Waals surface area contributed by atoms with Gasteiger partial charge in [0.1, 0.15) is 0 Å². The van der Waals surface area contributed by atoms with Gasteiger partial charge in [0, 0.05) is 0 Å². The summed E-state index contributed by atoms with van der Waals surface area (Å²) in [6, 6.07) is 21.9. The molecule has 0 atom stereocenters. The van der Waals surface area contributed by atoms with Crippen molar-refractivity contribution in [3.05, 3.63) is 96.8 Å². The van der Waals surface area contributed by atoms with Gasteiger partial charge in [-0.3, -0.25) is 0 Å². The summed E-state index contributed by atoms with van der Waals surface area (Å²) in [6.45, 7) is 33.8. The Morgan fingerprint density at radius 2 is 0.947 bits per heavy atom. The molecule has 0 aliphatic rings. The number of aryl methyl sites for hydroxylation is 2.